The predicted octanol–water partition coefficient (Wildman–Crippen LogP) is 1.66. The molecule has 1 aliphatic heterocycles. The van der Waals surface area contributed by atoms with Crippen LogP contribution in [0.25, 0.3) is 0 Å². The van der Waals surface area contributed by atoms with Crippen LogP contribution in [0.15, 0.2) is 5.38 Å². The van der Waals surface area contributed by atoms with Gasteiger partial charge in [-0.05, 0) is 26.3 Å². The van der Waals surface area contributed by atoms with E-state index in [4.69, 9.17) is 0 Å². The van der Waals surface area contributed by atoms with E-state index in [0.29, 0.717) is 6.54 Å². The number of halogens is 2. The van der Waals surface area contributed by atoms with Crippen LogP contribution in [0.1, 0.15) is 23.5 Å². The molecule has 2 rings (SSSR count). The third-order valence-corrected chi connectivity index (χ3v) is 3.31. The molecule has 1 aromatic heterocycles. The molecule has 7 heteroatoms. The van der Waals surface area contributed by atoms with Gasteiger partial charge in [0.2, 0.25) is 5.91 Å². The number of hydrogen-bond donors (Lipinski definition) is 2. The Morgan fingerprint density at radius 3 is 2.94 bits per heavy atom. The lowest BCUT2D eigenvalue weighted by molar-refractivity contribution is -0.122. The summed E-state index contributed by atoms with van der Waals surface area (Å²) >= 11 is 1.61. The van der Waals surface area contributed by atoms with Crippen LogP contribution in [0.4, 0.5) is 0 Å². The lowest BCUT2D eigenvalue weighted by Crippen LogP contribution is -2.40. The van der Waals surface area contributed by atoms with E-state index in [2.05, 4.69) is 15.6 Å². The van der Waals surface area contributed by atoms with Crippen LogP contribution >= 0.6 is 36.2 Å². The topological polar surface area (TPSA) is 54.0 Å². The second-order valence-electron chi connectivity index (χ2n) is 3.72. The van der Waals surface area contributed by atoms with E-state index in [1.54, 1.807) is 11.3 Å². The standard InChI is InChI=1S/C10H15N3OS.2ClH/c1-7-13-8(6-15-7)5-12-10(14)9-3-2-4-11-9;;/h6,9,11H,2-5H2,1H3,(H,12,14);2*1H/t9-;;/m0../s1. The van der Waals surface area contributed by atoms with Crippen molar-refractivity contribution in [3.8, 4) is 0 Å². The van der Waals surface area contributed by atoms with Gasteiger partial charge in [0.15, 0.2) is 0 Å². The van der Waals surface area contributed by atoms with E-state index >= 15 is 0 Å². The van der Waals surface area contributed by atoms with Crippen LogP contribution in [0, 0.1) is 6.92 Å². The number of nitrogens with zero attached hydrogens (tertiary/aromatic N) is 1. The maximum atomic E-state index is 11.6. The van der Waals surface area contributed by atoms with Crippen molar-refractivity contribution in [3.63, 3.8) is 0 Å². The van der Waals surface area contributed by atoms with Crippen molar-refractivity contribution < 1.29 is 4.79 Å². The van der Waals surface area contributed by atoms with Gasteiger partial charge in [-0.1, -0.05) is 0 Å². The average molecular weight is 298 g/mol. The molecule has 4 nitrogen and oxygen atoms in total. The fraction of sp³-hybridized carbons (Fsp3) is 0.600. The SMILES string of the molecule is Cc1nc(CNC(=O)[C@@H]2CCCN2)cs1.Cl.Cl. The van der Waals surface area contributed by atoms with Gasteiger partial charge in [0.1, 0.15) is 0 Å². The van der Waals surface area contributed by atoms with Gasteiger partial charge in [0, 0.05) is 5.38 Å². The van der Waals surface area contributed by atoms with Crippen LogP contribution in [0.5, 0.6) is 0 Å². The first-order chi connectivity index (χ1) is 7.25. The monoisotopic (exact) mass is 297 g/mol. The molecule has 98 valence electrons. The molecule has 1 fully saturated rings. The van der Waals surface area contributed by atoms with Gasteiger partial charge in [0.25, 0.3) is 0 Å². The zero-order valence-electron chi connectivity index (χ0n) is 9.56. The van der Waals surface area contributed by atoms with E-state index in [0.717, 1.165) is 30.1 Å². The molecule has 17 heavy (non-hydrogen) atoms. The van der Waals surface area contributed by atoms with Crippen molar-refractivity contribution in [2.75, 3.05) is 6.54 Å². The summed E-state index contributed by atoms with van der Waals surface area (Å²) in [5.74, 6) is 0.0955. The Labute approximate surface area is 117 Å². The normalized spacial score (nSPS) is 18.1. The Bertz CT molecular complexity index is 353. The van der Waals surface area contributed by atoms with Crippen molar-refractivity contribution in [3.05, 3.63) is 16.1 Å². The van der Waals surface area contributed by atoms with Gasteiger partial charge in [-0.2, -0.15) is 0 Å². The summed E-state index contributed by atoms with van der Waals surface area (Å²) in [6.07, 6.45) is 2.04. The minimum Gasteiger partial charge on any atom is -0.349 e. The van der Waals surface area contributed by atoms with E-state index in [9.17, 15) is 4.79 Å². The molecule has 2 heterocycles. The van der Waals surface area contributed by atoms with Crippen molar-refractivity contribution in [1.29, 1.82) is 0 Å². The lowest BCUT2D eigenvalue weighted by atomic mass is 10.2. The number of carbonyl (C=O) groups excluding carboxylic acids is 1. The molecule has 0 saturated carbocycles. The molecule has 2 N–H and O–H groups in total. The first kappa shape index (κ1) is 16.6. The van der Waals surface area contributed by atoms with E-state index in [1.165, 1.54) is 0 Å². The zero-order valence-corrected chi connectivity index (χ0v) is 12.0. The van der Waals surface area contributed by atoms with Crippen molar-refractivity contribution in [2.45, 2.75) is 32.4 Å². The number of aromatic nitrogens is 1. The summed E-state index contributed by atoms with van der Waals surface area (Å²) in [4.78, 5) is 15.9. The van der Waals surface area contributed by atoms with E-state index in [1.807, 2.05) is 12.3 Å². The molecular weight excluding hydrogens is 281 g/mol. The summed E-state index contributed by atoms with van der Waals surface area (Å²) < 4.78 is 0. The Balaban J connectivity index is 0.00000128. The van der Waals surface area contributed by atoms with Gasteiger partial charge in [0.05, 0.1) is 23.3 Å². The fourth-order valence-corrected chi connectivity index (χ4v) is 2.31. The van der Waals surface area contributed by atoms with Gasteiger partial charge in [-0.15, -0.1) is 36.2 Å². The van der Waals surface area contributed by atoms with Gasteiger partial charge >= 0.3 is 0 Å². The fourth-order valence-electron chi connectivity index (χ4n) is 1.70. The van der Waals surface area contributed by atoms with Crippen molar-refractivity contribution in [2.24, 2.45) is 0 Å². The number of aryl methyl sites for hydroxylation is 1. The van der Waals surface area contributed by atoms with Crippen molar-refractivity contribution in [1.82, 2.24) is 15.6 Å². The van der Waals surface area contributed by atoms with Gasteiger partial charge < -0.3 is 10.6 Å². The van der Waals surface area contributed by atoms with E-state index < -0.39 is 0 Å². The third-order valence-electron chi connectivity index (χ3n) is 2.49. The molecule has 1 atom stereocenters. The molecule has 0 spiro atoms. The highest BCUT2D eigenvalue weighted by molar-refractivity contribution is 7.09. The molecule has 0 bridgehead atoms. The second-order valence-corrected chi connectivity index (χ2v) is 4.79. The van der Waals surface area contributed by atoms with E-state index in [-0.39, 0.29) is 36.8 Å². The summed E-state index contributed by atoms with van der Waals surface area (Å²) in [5, 5.41) is 9.09. The maximum Gasteiger partial charge on any atom is 0.237 e. The minimum atomic E-state index is 0. The Morgan fingerprint density at radius 2 is 2.41 bits per heavy atom. The molecule has 0 radical (unpaired) electrons. The van der Waals surface area contributed by atoms with Crippen LogP contribution in [0.3, 0.4) is 0 Å². The molecule has 1 amide bonds. The molecule has 1 saturated heterocycles. The number of thiazole rings is 1. The van der Waals surface area contributed by atoms with Crippen LogP contribution in [-0.4, -0.2) is 23.5 Å². The van der Waals surface area contributed by atoms with Crippen LogP contribution < -0.4 is 10.6 Å². The first-order valence-electron chi connectivity index (χ1n) is 5.18. The maximum absolute atomic E-state index is 11.6. The first-order valence-corrected chi connectivity index (χ1v) is 6.06. The van der Waals surface area contributed by atoms with Crippen LogP contribution in [0.2, 0.25) is 0 Å². The molecule has 1 aliphatic rings. The number of rotatable bonds is 3. The Hall–Kier alpha value is -0.360. The molecule has 0 unspecified atom stereocenters. The highest BCUT2D eigenvalue weighted by atomic mass is 35.5. The second kappa shape index (κ2) is 7.87. The minimum absolute atomic E-state index is 0. The number of hydrogen-bond acceptors (Lipinski definition) is 4. The summed E-state index contributed by atoms with van der Waals surface area (Å²) in [7, 11) is 0. The average Bonchev–Trinajstić information content (AvgIpc) is 2.84. The molecule has 0 aliphatic carbocycles. The predicted molar refractivity (Wildman–Crippen MR) is 74.2 cm³/mol. The molecule has 0 aromatic carbocycles. The Morgan fingerprint density at radius 1 is 1.65 bits per heavy atom. The smallest absolute Gasteiger partial charge is 0.237 e. The molecular formula is C10H17Cl2N3OS. The van der Waals surface area contributed by atoms with Crippen molar-refractivity contribution >= 4 is 42.1 Å². The summed E-state index contributed by atoms with van der Waals surface area (Å²) in [6.45, 7) is 3.46. The molecule has 1 aromatic rings. The number of amides is 1. The zero-order chi connectivity index (χ0) is 10.7. The number of nitrogens with one attached hydrogen (secondary N) is 2. The summed E-state index contributed by atoms with van der Waals surface area (Å²) in [6, 6.07) is 0.00438. The quantitative estimate of drug-likeness (QED) is 0.892. The Kier molecular flexibility index (Phi) is 7.70. The largest absolute Gasteiger partial charge is 0.349 e. The number of carbonyl (C=O) groups is 1. The lowest BCUT2D eigenvalue weighted by Gasteiger charge is -2.09. The highest BCUT2D eigenvalue weighted by Crippen LogP contribution is 2.08. The summed E-state index contributed by atoms with van der Waals surface area (Å²) in [5.41, 5.74) is 0.948. The van der Waals surface area contributed by atoms with Gasteiger partial charge in [-0.3, -0.25) is 4.79 Å². The van der Waals surface area contributed by atoms with Gasteiger partial charge in [-0.25, -0.2) is 4.98 Å². The van der Waals surface area contributed by atoms with Crippen LogP contribution in [-0.2, 0) is 11.3 Å². The highest BCUT2D eigenvalue weighted by Gasteiger charge is 2.21. The third kappa shape index (κ3) is 4.79.